The van der Waals surface area contributed by atoms with E-state index in [2.05, 4.69) is 15.2 Å². The standard InChI is InChI=1S/C14H20N4/c1-8-12(16-13(15)18-17-8)14-5-9-2-10(6-14)4-11(3-9)7-14/h9-11H,2-7H2,1H3,(H2,15,16,18). The molecule has 5 rings (SSSR count). The summed E-state index contributed by atoms with van der Waals surface area (Å²) in [6.07, 6.45) is 8.26. The molecular formula is C14H20N4. The molecule has 18 heavy (non-hydrogen) atoms. The van der Waals surface area contributed by atoms with Crippen LogP contribution in [0, 0.1) is 24.7 Å². The highest BCUT2D eigenvalue weighted by molar-refractivity contribution is 5.29. The van der Waals surface area contributed by atoms with Crippen LogP contribution in [0.4, 0.5) is 5.95 Å². The highest BCUT2D eigenvalue weighted by atomic mass is 15.2. The van der Waals surface area contributed by atoms with Gasteiger partial charge in [-0.15, -0.1) is 5.10 Å². The fourth-order valence-corrected chi connectivity index (χ4v) is 5.29. The molecule has 4 bridgehead atoms. The lowest BCUT2D eigenvalue weighted by molar-refractivity contribution is -0.00774. The third-order valence-corrected chi connectivity index (χ3v) is 5.41. The molecule has 4 aliphatic rings. The first-order chi connectivity index (χ1) is 8.64. The molecule has 4 saturated carbocycles. The largest absolute Gasteiger partial charge is 0.366 e. The summed E-state index contributed by atoms with van der Waals surface area (Å²) >= 11 is 0. The molecular weight excluding hydrogens is 224 g/mol. The van der Waals surface area contributed by atoms with Crippen LogP contribution in [-0.4, -0.2) is 15.2 Å². The average molecular weight is 244 g/mol. The summed E-state index contributed by atoms with van der Waals surface area (Å²) in [5, 5.41) is 8.08. The van der Waals surface area contributed by atoms with Crippen LogP contribution < -0.4 is 5.73 Å². The summed E-state index contributed by atoms with van der Waals surface area (Å²) in [6, 6.07) is 0. The van der Waals surface area contributed by atoms with Gasteiger partial charge in [0.25, 0.3) is 0 Å². The van der Waals surface area contributed by atoms with Crippen molar-refractivity contribution in [3.8, 4) is 0 Å². The van der Waals surface area contributed by atoms with Gasteiger partial charge in [0.05, 0.1) is 11.4 Å². The topological polar surface area (TPSA) is 64.7 Å². The van der Waals surface area contributed by atoms with Crippen LogP contribution in [-0.2, 0) is 5.41 Å². The number of nitrogens with two attached hydrogens (primary N) is 1. The SMILES string of the molecule is Cc1nnc(N)nc1C12CC3CC(CC(C3)C1)C2. The lowest BCUT2D eigenvalue weighted by Crippen LogP contribution is -2.49. The Hall–Kier alpha value is -1.19. The summed E-state index contributed by atoms with van der Waals surface area (Å²) in [4.78, 5) is 4.57. The van der Waals surface area contributed by atoms with Gasteiger partial charge in [-0.2, -0.15) is 5.10 Å². The maximum Gasteiger partial charge on any atom is 0.240 e. The maximum absolute atomic E-state index is 5.76. The van der Waals surface area contributed by atoms with E-state index in [1.54, 1.807) is 0 Å². The minimum atomic E-state index is 0.281. The van der Waals surface area contributed by atoms with Gasteiger partial charge in [0.2, 0.25) is 5.95 Å². The molecule has 4 aliphatic carbocycles. The second-order valence-corrected chi connectivity index (χ2v) is 6.80. The molecule has 96 valence electrons. The minimum Gasteiger partial charge on any atom is -0.366 e. The number of hydrogen-bond acceptors (Lipinski definition) is 4. The van der Waals surface area contributed by atoms with E-state index in [1.807, 2.05) is 6.92 Å². The fraction of sp³-hybridized carbons (Fsp3) is 0.786. The first kappa shape index (κ1) is 10.7. The van der Waals surface area contributed by atoms with Crippen molar-refractivity contribution < 1.29 is 0 Å². The molecule has 0 radical (unpaired) electrons. The molecule has 2 N–H and O–H groups in total. The quantitative estimate of drug-likeness (QED) is 0.822. The lowest BCUT2D eigenvalue weighted by Gasteiger charge is -2.56. The third-order valence-electron chi connectivity index (χ3n) is 5.41. The van der Waals surface area contributed by atoms with Gasteiger partial charge in [0.15, 0.2) is 0 Å². The van der Waals surface area contributed by atoms with Crippen molar-refractivity contribution >= 4 is 5.95 Å². The van der Waals surface area contributed by atoms with Gasteiger partial charge in [-0.3, -0.25) is 0 Å². The number of nitrogens with zero attached hydrogens (tertiary/aromatic N) is 3. The summed E-state index contributed by atoms with van der Waals surface area (Å²) in [6.45, 7) is 2.04. The number of aryl methyl sites for hydroxylation is 1. The van der Waals surface area contributed by atoms with Crippen molar-refractivity contribution in [2.24, 2.45) is 17.8 Å². The second-order valence-electron chi connectivity index (χ2n) is 6.80. The Bertz CT molecular complexity index is 461. The first-order valence-electron chi connectivity index (χ1n) is 7.12. The van der Waals surface area contributed by atoms with E-state index in [9.17, 15) is 0 Å². The van der Waals surface area contributed by atoms with Crippen LogP contribution in [0.1, 0.15) is 49.9 Å². The van der Waals surface area contributed by atoms with Gasteiger partial charge in [-0.05, 0) is 63.2 Å². The van der Waals surface area contributed by atoms with Gasteiger partial charge < -0.3 is 5.73 Å². The van der Waals surface area contributed by atoms with Crippen LogP contribution >= 0.6 is 0 Å². The maximum atomic E-state index is 5.76. The molecule has 4 fully saturated rings. The van der Waals surface area contributed by atoms with E-state index in [4.69, 9.17) is 5.73 Å². The Balaban J connectivity index is 1.81. The molecule has 0 spiro atoms. The zero-order chi connectivity index (χ0) is 12.3. The first-order valence-corrected chi connectivity index (χ1v) is 7.12. The van der Waals surface area contributed by atoms with Gasteiger partial charge in [-0.25, -0.2) is 4.98 Å². The van der Waals surface area contributed by atoms with Gasteiger partial charge in [0.1, 0.15) is 0 Å². The van der Waals surface area contributed by atoms with Crippen molar-refractivity contribution in [3.63, 3.8) is 0 Å². The number of anilines is 1. The van der Waals surface area contributed by atoms with Crippen molar-refractivity contribution in [1.29, 1.82) is 0 Å². The molecule has 0 atom stereocenters. The van der Waals surface area contributed by atoms with Gasteiger partial charge >= 0.3 is 0 Å². The van der Waals surface area contributed by atoms with Crippen LogP contribution in [0.25, 0.3) is 0 Å². The van der Waals surface area contributed by atoms with Crippen molar-refractivity contribution in [1.82, 2.24) is 15.2 Å². The minimum absolute atomic E-state index is 0.281. The van der Waals surface area contributed by atoms with E-state index in [1.165, 1.54) is 38.5 Å². The fourth-order valence-electron chi connectivity index (χ4n) is 5.29. The Labute approximate surface area is 107 Å². The number of hydrogen-bond donors (Lipinski definition) is 1. The molecule has 4 heteroatoms. The average Bonchev–Trinajstić information content (AvgIpc) is 2.30. The molecule has 4 nitrogen and oxygen atoms in total. The molecule has 0 saturated heterocycles. The normalized spacial score (nSPS) is 41.3. The zero-order valence-corrected chi connectivity index (χ0v) is 10.9. The van der Waals surface area contributed by atoms with E-state index in [-0.39, 0.29) is 5.41 Å². The summed E-state index contributed by atoms with van der Waals surface area (Å²) in [7, 11) is 0. The van der Waals surface area contributed by atoms with Crippen LogP contribution in [0.3, 0.4) is 0 Å². The molecule has 0 aromatic carbocycles. The molecule has 1 heterocycles. The van der Waals surface area contributed by atoms with Gasteiger partial charge in [-0.1, -0.05) is 0 Å². The van der Waals surface area contributed by atoms with Crippen molar-refractivity contribution in [2.75, 3.05) is 5.73 Å². The molecule has 0 unspecified atom stereocenters. The van der Waals surface area contributed by atoms with Gasteiger partial charge in [0, 0.05) is 5.41 Å². The lowest BCUT2D eigenvalue weighted by atomic mass is 9.48. The van der Waals surface area contributed by atoms with E-state index >= 15 is 0 Å². The monoisotopic (exact) mass is 244 g/mol. The van der Waals surface area contributed by atoms with Crippen molar-refractivity contribution in [2.45, 2.75) is 50.9 Å². The Kier molecular flexibility index (Phi) is 2.04. The van der Waals surface area contributed by atoms with Crippen LogP contribution in [0.15, 0.2) is 0 Å². The predicted octanol–water partition coefficient (Wildman–Crippen LogP) is 2.23. The Morgan fingerprint density at radius 1 is 1.00 bits per heavy atom. The third kappa shape index (κ3) is 1.41. The number of aromatic nitrogens is 3. The highest BCUT2D eigenvalue weighted by Gasteiger charge is 2.53. The van der Waals surface area contributed by atoms with Crippen molar-refractivity contribution in [3.05, 3.63) is 11.4 Å². The number of rotatable bonds is 1. The van der Waals surface area contributed by atoms with E-state index in [0.717, 1.165) is 29.1 Å². The zero-order valence-electron chi connectivity index (χ0n) is 10.9. The van der Waals surface area contributed by atoms with Crippen LogP contribution in [0.2, 0.25) is 0 Å². The number of nitrogen functional groups attached to an aromatic ring is 1. The summed E-state index contributed by atoms with van der Waals surface area (Å²) in [5.74, 6) is 3.11. The summed E-state index contributed by atoms with van der Waals surface area (Å²) < 4.78 is 0. The Morgan fingerprint density at radius 3 is 2.11 bits per heavy atom. The highest BCUT2D eigenvalue weighted by Crippen LogP contribution is 2.60. The predicted molar refractivity (Wildman–Crippen MR) is 68.8 cm³/mol. The molecule has 1 aromatic rings. The molecule has 0 aliphatic heterocycles. The van der Waals surface area contributed by atoms with E-state index < -0.39 is 0 Å². The van der Waals surface area contributed by atoms with Crippen LogP contribution in [0.5, 0.6) is 0 Å². The molecule has 0 amide bonds. The smallest absolute Gasteiger partial charge is 0.240 e. The Morgan fingerprint density at radius 2 is 1.56 bits per heavy atom. The summed E-state index contributed by atoms with van der Waals surface area (Å²) in [5.41, 5.74) is 8.20. The second kappa shape index (κ2) is 3.43. The molecule has 1 aromatic heterocycles. The van der Waals surface area contributed by atoms with E-state index in [0.29, 0.717) is 5.95 Å².